The summed E-state index contributed by atoms with van der Waals surface area (Å²) in [6.07, 6.45) is 0.222. The van der Waals surface area contributed by atoms with Gasteiger partial charge in [-0.3, -0.25) is 9.59 Å². The minimum absolute atomic E-state index is 0.222. The summed E-state index contributed by atoms with van der Waals surface area (Å²) in [5, 5.41) is 11.4. The van der Waals surface area contributed by atoms with Gasteiger partial charge in [-0.1, -0.05) is 30.3 Å². The van der Waals surface area contributed by atoms with Crippen molar-refractivity contribution in [2.75, 3.05) is 14.2 Å². The smallest absolute Gasteiger partial charge is 0.323 e. The van der Waals surface area contributed by atoms with Crippen molar-refractivity contribution in [2.24, 2.45) is 5.41 Å². The Labute approximate surface area is 127 Å². The third-order valence-corrected chi connectivity index (χ3v) is 4.39. The van der Waals surface area contributed by atoms with Crippen molar-refractivity contribution in [2.45, 2.75) is 12.3 Å². The molecule has 0 amide bonds. The van der Waals surface area contributed by atoms with Crippen molar-refractivity contribution < 1.29 is 24.2 Å². The summed E-state index contributed by atoms with van der Waals surface area (Å²) in [5.41, 5.74) is -0.750. The van der Waals surface area contributed by atoms with Gasteiger partial charge in [0.2, 0.25) is 0 Å². The first kappa shape index (κ1) is 14.4. The number of carboxylic acids is 1. The molecular weight excluding hydrogens is 284 g/mol. The maximum atomic E-state index is 12.0. The van der Waals surface area contributed by atoms with Crippen molar-refractivity contribution in [3.63, 3.8) is 0 Å². The molecule has 0 bridgehead atoms. The van der Waals surface area contributed by atoms with Crippen LogP contribution >= 0.6 is 0 Å². The summed E-state index contributed by atoms with van der Waals surface area (Å²) < 4.78 is 10.1. The molecule has 1 aliphatic carbocycles. The van der Waals surface area contributed by atoms with Gasteiger partial charge in [0.25, 0.3) is 0 Å². The zero-order chi connectivity index (χ0) is 15.9. The van der Waals surface area contributed by atoms with Crippen molar-refractivity contribution in [1.29, 1.82) is 0 Å². The molecule has 22 heavy (non-hydrogen) atoms. The SMILES string of the molecule is COC(=O)[C@]1(C(=O)O)C[C@@H]1c1c(OC)ccc2ccccc12. The average molecular weight is 300 g/mol. The summed E-state index contributed by atoms with van der Waals surface area (Å²) in [5.74, 6) is -1.71. The van der Waals surface area contributed by atoms with Crippen molar-refractivity contribution in [1.82, 2.24) is 0 Å². The number of hydrogen-bond donors (Lipinski definition) is 1. The van der Waals surface area contributed by atoms with Gasteiger partial charge in [-0.2, -0.15) is 0 Å². The van der Waals surface area contributed by atoms with Crippen LogP contribution in [0.4, 0.5) is 0 Å². The Bertz CT molecular complexity index is 767. The van der Waals surface area contributed by atoms with Gasteiger partial charge < -0.3 is 14.6 Å². The zero-order valence-corrected chi connectivity index (χ0v) is 12.3. The van der Waals surface area contributed by atoms with Crippen LogP contribution in [0.3, 0.4) is 0 Å². The second kappa shape index (κ2) is 5.02. The lowest BCUT2D eigenvalue weighted by molar-refractivity contribution is -0.159. The average Bonchev–Trinajstić information content (AvgIpc) is 3.29. The number of ether oxygens (including phenoxy) is 2. The number of carbonyl (C=O) groups excluding carboxylic acids is 1. The second-order valence-corrected chi connectivity index (χ2v) is 5.43. The molecule has 1 fully saturated rings. The molecule has 0 heterocycles. The molecule has 2 atom stereocenters. The molecule has 3 rings (SSSR count). The molecule has 0 radical (unpaired) electrons. The van der Waals surface area contributed by atoms with E-state index in [0.717, 1.165) is 16.3 Å². The normalized spacial score (nSPS) is 23.1. The molecule has 0 spiro atoms. The van der Waals surface area contributed by atoms with Crippen LogP contribution in [0.25, 0.3) is 10.8 Å². The molecule has 5 nitrogen and oxygen atoms in total. The van der Waals surface area contributed by atoms with E-state index in [1.165, 1.54) is 14.2 Å². The standard InChI is InChI=1S/C17H16O5/c1-21-13-8-7-10-5-3-4-6-11(10)14(13)12-9-17(12,15(18)19)16(20)22-2/h3-8,12H,9H2,1-2H3,(H,18,19)/t12-,17-/m1/s1. The number of carbonyl (C=O) groups is 2. The van der Waals surface area contributed by atoms with Crippen LogP contribution in [-0.4, -0.2) is 31.3 Å². The summed E-state index contributed by atoms with van der Waals surface area (Å²) in [7, 11) is 2.75. The van der Waals surface area contributed by atoms with Crippen LogP contribution in [0.5, 0.6) is 5.75 Å². The van der Waals surface area contributed by atoms with Gasteiger partial charge in [-0.05, 0) is 23.3 Å². The van der Waals surface area contributed by atoms with Crippen LogP contribution in [0.1, 0.15) is 17.9 Å². The quantitative estimate of drug-likeness (QED) is 0.694. The highest BCUT2D eigenvalue weighted by Crippen LogP contribution is 2.63. The Morgan fingerprint density at radius 3 is 2.55 bits per heavy atom. The van der Waals surface area contributed by atoms with E-state index in [2.05, 4.69) is 0 Å². The first-order chi connectivity index (χ1) is 10.6. The molecule has 0 aliphatic heterocycles. The van der Waals surface area contributed by atoms with Crippen LogP contribution in [0, 0.1) is 5.41 Å². The highest BCUT2D eigenvalue weighted by molar-refractivity contribution is 6.05. The highest BCUT2D eigenvalue weighted by atomic mass is 16.5. The number of hydrogen-bond acceptors (Lipinski definition) is 4. The van der Waals surface area contributed by atoms with Crippen molar-refractivity contribution in [3.05, 3.63) is 42.0 Å². The molecule has 0 saturated heterocycles. The molecule has 114 valence electrons. The van der Waals surface area contributed by atoms with Gasteiger partial charge in [-0.15, -0.1) is 0 Å². The number of rotatable bonds is 4. The van der Waals surface area contributed by atoms with Crippen LogP contribution < -0.4 is 4.74 Å². The second-order valence-electron chi connectivity index (χ2n) is 5.43. The van der Waals surface area contributed by atoms with Gasteiger partial charge in [0, 0.05) is 11.5 Å². The number of carboxylic acid groups (broad SMARTS) is 1. The Balaban J connectivity index is 2.19. The van der Waals surface area contributed by atoms with Gasteiger partial charge in [0.1, 0.15) is 5.75 Å². The van der Waals surface area contributed by atoms with Gasteiger partial charge in [0.05, 0.1) is 14.2 Å². The number of benzene rings is 2. The maximum absolute atomic E-state index is 12.0. The van der Waals surface area contributed by atoms with Crippen molar-refractivity contribution in [3.8, 4) is 5.75 Å². The zero-order valence-electron chi connectivity index (χ0n) is 12.3. The lowest BCUT2D eigenvalue weighted by Crippen LogP contribution is -2.28. The van der Waals surface area contributed by atoms with Gasteiger partial charge >= 0.3 is 11.9 Å². The van der Waals surface area contributed by atoms with Crippen molar-refractivity contribution >= 4 is 22.7 Å². The Morgan fingerprint density at radius 2 is 1.91 bits per heavy atom. The Morgan fingerprint density at radius 1 is 1.18 bits per heavy atom. The lowest BCUT2D eigenvalue weighted by Gasteiger charge is -2.15. The van der Waals surface area contributed by atoms with Gasteiger partial charge in [-0.25, -0.2) is 0 Å². The van der Waals surface area contributed by atoms with E-state index in [1.54, 1.807) is 6.07 Å². The van der Waals surface area contributed by atoms with Gasteiger partial charge in [0.15, 0.2) is 5.41 Å². The van der Waals surface area contributed by atoms with Crippen LogP contribution in [-0.2, 0) is 14.3 Å². The fraction of sp³-hybridized carbons (Fsp3) is 0.294. The Hall–Kier alpha value is -2.56. The minimum Gasteiger partial charge on any atom is -0.496 e. The lowest BCUT2D eigenvalue weighted by atomic mass is 9.94. The fourth-order valence-electron chi connectivity index (χ4n) is 3.16. The largest absolute Gasteiger partial charge is 0.496 e. The molecule has 1 N–H and O–H groups in total. The molecule has 5 heteroatoms. The van der Waals surface area contributed by atoms with E-state index in [0.29, 0.717) is 5.75 Å². The van der Waals surface area contributed by atoms with Crippen LogP contribution in [0.2, 0.25) is 0 Å². The van der Waals surface area contributed by atoms with E-state index in [1.807, 2.05) is 30.3 Å². The van der Waals surface area contributed by atoms with Crippen LogP contribution in [0.15, 0.2) is 36.4 Å². The maximum Gasteiger partial charge on any atom is 0.323 e. The number of methoxy groups -OCH3 is 2. The van der Waals surface area contributed by atoms with E-state index in [4.69, 9.17) is 9.47 Å². The monoisotopic (exact) mass is 300 g/mol. The van der Waals surface area contributed by atoms with E-state index >= 15 is 0 Å². The first-order valence-electron chi connectivity index (χ1n) is 6.93. The number of esters is 1. The number of fused-ring (bicyclic) bond motifs is 1. The fourth-order valence-corrected chi connectivity index (χ4v) is 3.16. The summed E-state index contributed by atoms with van der Waals surface area (Å²) in [4.78, 5) is 23.7. The topological polar surface area (TPSA) is 72.8 Å². The predicted octanol–water partition coefficient (Wildman–Crippen LogP) is 2.58. The Kier molecular flexibility index (Phi) is 3.28. The molecule has 2 aromatic rings. The predicted molar refractivity (Wildman–Crippen MR) is 79.9 cm³/mol. The van der Waals surface area contributed by atoms with E-state index in [9.17, 15) is 14.7 Å². The summed E-state index contributed by atoms with van der Waals surface area (Å²) >= 11 is 0. The molecule has 2 aromatic carbocycles. The highest BCUT2D eigenvalue weighted by Gasteiger charge is 2.68. The molecule has 1 saturated carbocycles. The molecular formula is C17H16O5. The van der Waals surface area contributed by atoms with E-state index in [-0.39, 0.29) is 6.42 Å². The number of aliphatic carboxylic acids is 1. The minimum atomic E-state index is -1.51. The summed E-state index contributed by atoms with van der Waals surface area (Å²) in [6.45, 7) is 0. The third-order valence-electron chi connectivity index (χ3n) is 4.39. The molecule has 1 aliphatic rings. The summed E-state index contributed by atoms with van der Waals surface area (Å²) in [6, 6.07) is 11.4. The third kappa shape index (κ3) is 1.85. The first-order valence-corrected chi connectivity index (χ1v) is 6.93. The van der Waals surface area contributed by atoms with E-state index < -0.39 is 23.3 Å². The molecule has 0 aromatic heterocycles. The molecule has 0 unspecified atom stereocenters.